The van der Waals surface area contributed by atoms with Crippen LogP contribution >= 0.6 is 0 Å². The molecule has 0 radical (unpaired) electrons. The van der Waals surface area contributed by atoms with Crippen molar-refractivity contribution in [1.29, 1.82) is 0 Å². The lowest BCUT2D eigenvalue weighted by Crippen LogP contribution is -2.60. The lowest BCUT2D eigenvalue weighted by Gasteiger charge is -2.30. The maximum absolute atomic E-state index is 14.5. The number of amides is 6. The van der Waals surface area contributed by atoms with Gasteiger partial charge in [0.2, 0.25) is 29.5 Å². The summed E-state index contributed by atoms with van der Waals surface area (Å²) in [6, 6.07) is 7.65. The average Bonchev–Trinajstić information content (AvgIpc) is 3.75. The third kappa shape index (κ3) is 11.0. The van der Waals surface area contributed by atoms with Gasteiger partial charge in [-0.05, 0) is 56.0 Å². The SMILES string of the molecule is C[C@@H]1NC(=O)[C@H]([C@@H](C)O)NC(=O)[C@@H]2C[C@H](NC(=O)CCC(F)(F)F)CN2C(=O)[C@@H](Cc2c[nH]c3ccccc23)NC(=O)COc2ccc(cc2)CCNC1=O. The Morgan fingerprint density at radius 1 is 1.00 bits per heavy atom. The highest BCUT2D eigenvalue weighted by molar-refractivity contribution is 5.97. The van der Waals surface area contributed by atoms with E-state index in [1.807, 2.05) is 18.2 Å². The van der Waals surface area contributed by atoms with Gasteiger partial charge < -0.3 is 46.3 Å². The maximum Gasteiger partial charge on any atom is 0.389 e. The third-order valence-electron chi connectivity index (χ3n) is 9.44. The minimum absolute atomic E-state index is 0.0601. The van der Waals surface area contributed by atoms with Gasteiger partial charge in [-0.15, -0.1) is 0 Å². The van der Waals surface area contributed by atoms with Crippen LogP contribution in [-0.4, -0.2) is 113 Å². The number of alkyl halides is 3. The number of nitrogens with zero attached hydrogens (tertiary/aromatic N) is 1. The molecular weight excluding hydrogens is 727 g/mol. The van der Waals surface area contributed by atoms with Crippen LogP contribution in [0, 0.1) is 0 Å². The van der Waals surface area contributed by atoms with E-state index in [9.17, 15) is 47.0 Å². The summed E-state index contributed by atoms with van der Waals surface area (Å²) in [5.41, 5.74) is 2.25. The Labute approximate surface area is 314 Å². The first-order valence-corrected chi connectivity index (χ1v) is 17.9. The average molecular weight is 772 g/mol. The largest absolute Gasteiger partial charge is 0.484 e. The minimum Gasteiger partial charge on any atom is -0.484 e. The van der Waals surface area contributed by atoms with Crippen molar-refractivity contribution in [3.63, 3.8) is 0 Å². The van der Waals surface area contributed by atoms with Crippen LogP contribution in [-0.2, 0) is 41.6 Å². The van der Waals surface area contributed by atoms with Crippen LogP contribution in [0.1, 0.15) is 44.2 Å². The number of aromatic nitrogens is 1. The molecule has 6 atom stereocenters. The number of rotatable bonds is 6. The summed E-state index contributed by atoms with van der Waals surface area (Å²) >= 11 is 0. The summed E-state index contributed by atoms with van der Waals surface area (Å²) in [6.07, 6.45) is -6.57. The zero-order chi connectivity index (χ0) is 39.9. The molecular formula is C37H44F3N7O8. The van der Waals surface area contributed by atoms with Gasteiger partial charge in [-0.2, -0.15) is 13.2 Å². The molecule has 0 unspecified atom stereocenters. The molecule has 3 aliphatic rings. The van der Waals surface area contributed by atoms with Gasteiger partial charge in [0.25, 0.3) is 5.91 Å². The molecule has 0 aliphatic carbocycles. The van der Waals surface area contributed by atoms with Crippen molar-refractivity contribution in [2.24, 2.45) is 0 Å². The fraction of sp³-hybridized carbons (Fsp3) is 0.459. The summed E-state index contributed by atoms with van der Waals surface area (Å²) in [5, 5.41) is 24.1. The van der Waals surface area contributed by atoms with E-state index < -0.39 is 97.4 Å². The Balaban J connectivity index is 1.47. The van der Waals surface area contributed by atoms with Crippen LogP contribution in [0.3, 0.4) is 0 Å². The van der Waals surface area contributed by atoms with Gasteiger partial charge in [-0.1, -0.05) is 30.3 Å². The third-order valence-corrected chi connectivity index (χ3v) is 9.44. The number of halogens is 3. The number of aliphatic hydroxyl groups is 1. The Kier molecular flexibility index (Phi) is 13.0. The highest BCUT2D eigenvalue weighted by Gasteiger charge is 2.44. The molecule has 3 aliphatic heterocycles. The van der Waals surface area contributed by atoms with E-state index in [0.717, 1.165) is 21.4 Å². The molecule has 0 saturated carbocycles. The Morgan fingerprint density at radius 2 is 1.73 bits per heavy atom. The normalized spacial score (nSPS) is 24.0. The molecule has 18 heteroatoms. The Morgan fingerprint density at radius 3 is 2.44 bits per heavy atom. The quantitative estimate of drug-likeness (QED) is 0.177. The molecule has 7 N–H and O–H groups in total. The first kappa shape index (κ1) is 40.5. The summed E-state index contributed by atoms with van der Waals surface area (Å²) in [6.45, 7) is 2.05. The van der Waals surface area contributed by atoms with E-state index in [4.69, 9.17) is 4.74 Å². The second-order valence-corrected chi connectivity index (χ2v) is 13.7. The number of para-hydroxylation sites is 1. The summed E-state index contributed by atoms with van der Waals surface area (Å²) < 4.78 is 44.3. The molecule has 0 spiro atoms. The molecule has 2 bridgehead atoms. The van der Waals surface area contributed by atoms with E-state index in [1.165, 1.54) is 13.8 Å². The Bertz CT molecular complexity index is 1880. The van der Waals surface area contributed by atoms with Gasteiger partial charge in [0.1, 0.15) is 29.9 Å². The standard InChI is InChI=1S/C37H44F3N7O8/c1-20-33(51)41-14-12-22-7-9-25(10-8-22)55-19-31(50)45-28(15-23-17-42-27-6-4-3-5-26(23)27)36(54)47-18-24(44-30(49)11-13-37(38,39)40)16-29(47)34(52)46-32(21(2)48)35(53)43-20/h3-10,17,20-21,24,28-29,32,42,48H,11-16,18-19H2,1-2H3,(H,41,51)(H,43,53)(H,44,49)(H,45,50)(H,46,52)/t20-,21+,24-,28+,29-,32-/m0/s1. The van der Waals surface area contributed by atoms with Crippen molar-refractivity contribution >= 4 is 46.3 Å². The molecule has 3 aromatic rings. The van der Waals surface area contributed by atoms with Crippen molar-refractivity contribution < 1.29 is 51.8 Å². The maximum atomic E-state index is 14.5. The number of aliphatic hydroxyl groups excluding tert-OH is 1. The number of ether oxygens (including phenoxy) is 1. The highest BCUT2D eigenvalue weighted by atomic mass is 19.4. The first-order valence-electron chi connectivity index (χ1n) is 17.9. The summed E-state index contributed by atoms with van der Waals surface area (Å²) in [4.78, 5) is 84.7. The van der Waals surface area contributed by atoms with E-state index >= 15 is 0 Å². The zero-order valence-electron chi connectivity index (χ0n) is 30.2. The number of carbonyl (C=O) groups is 6. The second-order valence-electron chi connectivity index (χ2n) is 13.7. The molecule has 1 aromatic heterocycles. The molecule has 15 nitrogen and oxygen atoms in total. The van der Waals surface area contributed by atoms with Crippen molar-refractivity contribution in [3.05, 3.63) is 65.9 Å². The fourth-order valence-corrected chi connectivity index (χ4v) is 6.55. The lowest BCUT2D eigenvalue weighted by molar-refractivity contribution is -0.144. The number of fused-ring (bicyclic) bond motifs is 17. The number of H-pyrrole nitrogens is 1. The van der Waals surface area contributed by atoms with Crippen LogP contribution in [0.15, 0.2) is 54.7 Å². The highest BCUT2D eigenvalue weighted by Crippen LogP contribution is 2.25. The molecule has 6 amide bonds. The van der Waals surface area contributed by atoms with Crippen molar-refractivity contribution in [3.8, 4) is 5.75 Å². The number of hydrogen-bond donors (Lipinski definition) is 7. The minimum atomic E-state index is -4.59. The van der Waals surface area contributed by atoms with Crippen LogP contribution in [0.2, 0.25) is 0 Å². The summed E-state index contributed by atoms with van der Waals surface area (Å²) in [5.74, 6) is -4.40. The smallest absolute Gasteiger partial charge is 0.389 e. The van der Waals surface area contributed by atoms with Crippen molar-refractivity contribution in [2.75, 3.05) is 19.7 Å². The van der Waals surface area contributed by atoms with Gasteiger partial charge in [-0.25, -0.2) is 0 Å². The predicted octanol–water partition coefficient (Wildman–Crippen LogP) is 0.745. The zero-order valence-corrected chi connectivity index (χ0v) is 30.2. The van der Waals surface area contributed by atoms with Crippen LogP contribution in [0.4, 0.5) is 13.2 Å². The number of aromatic amines is 1. The predicted molar refractivity (Wildman–Crippen MR) is 191 cm³/mol. The number of carbonyl (C=O) groups excluding carboxylic acids is 6. The monoisotopic (exact) mass is 771 g/mol. The number of hydrogen-bond acceptors (Lipinski definition) is 8. The van der Waals surface area contributed by atoms with Crippen LogP contribution < -0.4 is 31.3 Å². The van der Waals surface area contributed by atoms with Gasteiger partial charge in [0.15, 0.2) is 6.61 Å². The van der Waals surface area contributed by atoms with E-state index in [-0.39, 0.29) is 25.9 Å². The Hall–Kier alpha value is -5.65. The van der Waals surface area contributed by atoms with Crippen LogP contribution in [0.5, 0.6) is 5.75 Å². The first-order chi connectivity index (χ1) is 26.1. The molecule has 55 heavy (non-hydrogen) atoms. The second kappa shape index (κ2) is 17.7. The fourth-order valence-electron chi connectivity index (χ4n) is 6.55. The van der Waals surface area contributed by atoms with Gasteiger partial charge >= 0.3 is 6.18 Å². The lowest BCUT2D eigenvalue weighted by atomic mass is 10.0. The molecule has 296 valence electrons. The van der Waals surface area contributed by atoms with Crippen molar-refractivity contribution in [1.82, 2.24) is 36.5 Å². The van der Waals surface area contributed by atoms with Crippen LogP contribution in [0.25, 0.3) is 10.9 Å². The topological polar surface area (TPSA) is 211 Å². The van der Waals surface area contributed by atoms with E-state index in [1.54, 1.807) is 36.5 Å². The molecule has 1 saturated heterocycles. The van der Waals surface area contributed by atoms with Gasteiger partial charge in [0.05, 0.1) is 12.5 Å². The molecule has 4 heterocycles. The van der Waals surface area contributed by atoms with Crippen molar-refractivity contribution in [2.45, 2.75) is 88.4 Å². The van der Waals surface area contributed by atoms with E-state index in [2.05, 4.69) is 31.6 Å². The molecule has 6 rings (SSSR count). The van der Waals surface area contributed by atoms with Gasteiger partial charge in [0, 0.05) is 49.1 Å². The van der Waals surface area contributed by atoms with E-state index in [0.29, 0.717) is 17.7 Å². The number of nitrogens with one attached hydrogen (secondary N) is 6. The summed E-state index contributed by atoms with van der Waals surface area (Å²) in [7, 11) is 0. The van der Waals surface area contributed by atoms with Gasteiger partial charge in [-0.3, -0.25) is 28.8 Å². The number of benzene rings is 2. The molecule has 1 fully saturated rings. The molecule has 2 aromatic carbocycles.